The van der Waals surface area contributed by atoms with Crippen LogP contribution in [0.1, 0.15) is 10.4 Å². The number of piperazine rings is 1. The Balaban J connectivity index is 1.64. The average Bonchev–Trinajstić information content (AvgIpc) is 2.55. The Morgan fingerprint density at radius 1 is 1.10 bits per heavy atom. The van der Waals surface area contributed by atoms with Gasteiger partial charge in [0.1, 0.15) is 0 Å². The third kappa shape index (κ3) is 2.97. The summed E-state index contributed by atoms with van der Waals surface area (Å²) in [6.45, 7) is 3.05. The van der Waals surface area contributed by atoms with Gasteiger partial charge < -0.3 is 15.5 Å². The van der Waals surface area contributed by atoms with Crippen molar-refractivity contribution in [2.24, 2.45) is 0 Å². The molecule has 0 atom stereocenters. The second kappa shape index (κ2) is 5.83. The third-order valence-electron chi connectivity index (χ3n) is 3.71. The highest BCUT2D eigenvalue weighted by Gasteiger charge is 2.22. The first-order chi connectivity index (χ1) is 10.2. The van der Waals surface area contributed by atoms with Gasteiger partial charge in [0.25, 0.3) is 5.91 Å². The van der Waals surface area contributed by atoms with E-state index in [1.165, 1.54) is 0 Å². The maximum Gasteiger partial charge on any atom is 0.255 e. The molecular formula is C16H18N4O. The van der Waals surface area contributed by atoms with Crippen LogP contribution in [0, 0.1) is 0 Å². The number of aromatic nitrogens is 1. The van der Waals surface area contributed by atoms with Crippen molar-refractivity contribution in [2.45, 2.75) is 0 Å². The molecule has 1 saturated heterocycles. The van der Waals surface area contributed by atoms with Gasteiger partial charge in [-0.25, -0.2) is 0 Å². The minimum atomic E-state index is 0.0512. The third-order valence-corrected chi connectivity index (χ3v) is 3.71. The minimum Gasteiger partial charge on any atom is -0.399 e. The Labute approximate surface area is 124 Å². The zero-order chi connectivity index (χ0) is 14.7. The van der Waals surface area contributed by atoms with Crippen LogP contribution in [0.15, 0.2) is 48.8 Å². The van der Waals surface area contributed by atoms with Gasteiger partial charge in [-0.05, 0) is 30.3 Å². The summed E-state index contributed by atoms with van der Waals surface area (Å²) in [7, 11) is 0. The molecule has 108 valence electrons. The summed E-state index contributed by atoms with van der Waals surface area (Å²) in [5.74, 6) is 0.0512. The molecule has 1 aromatic carbocycles. The molecule has 0 spiro atoms. The maximum atomic E-state index is 12.3. The van der Waals surface area contributed by atoms with Gasteiger partial charge in [-0.3, -0.25) is 9.78 Å². The number of hydrogen-bond donors (Lipinski definition) is 1. The summed E-state index contributed by atoms with van der Waals surface area (Å²) < 4.78 is 0. The van der Waals surface area contributed by atoms with Crippen LogP contribution < -0.4 is 10.6 Å². The Bertz CT molecular complexity index is 621. The SMILES string of the molecule is Nc1cccc(N2CCN(C(=O)c3cccnc3)CC2)c1. The van der Waals surface area contributed by atoms with E-state index in [2.05, 4.69) is 16.0 Å². The van der Waals surface area contributed by atoms with Crippen LogP contribution in [0.3, 0.4) is 0 Å². The summed E-state index contributed by atoms with van der Waals surface area (Å²) in [6.07, 6.45) is 3.29. The lowest BCUT2D eigenvalue weighted by Crippen LogP contribution is -2.48. The molecule has 0 aliphatic carbocycles. The molecule has 2 aromatic rings. The number of carbonyl (C=O) groups is 1. The van der Waals surface area contributed by atoms with Crippen molar-refractivity contribution in [2.75, 3.05) is 36.8 Å². The molecule has 1 fully saturated rings. The van der Waals surface area contributed by atoms with Gasteiger partial charge in [-0.1, -0.05) is 6.07 Å². The van der Waals surface area contributed by atoms with E-state index >= 15 is 0 Å². The highest BCUT2D eigenvalue weighted by molar-refractivity contribution is 5.94. The summed E-state index contributed by atoms with van der Waals surface area (Å²) in [6, 6.07) is 11.5. The number of anilines is 2. The molecule has 3 rings (SSSR count). The Morgan fingerprint density at radius 2 is 1.90 bits per heavy atom. The molecule has 1 aliphatic heterocycles. The summed E-state index contributed by atoms with van der Waals surface area (Å²) >= 11 is 0. The largest absolute Gasteiger partial charge is 0.399 e. The van der Waals surface area contributed by atoms with Crippen LogP contribution in [0.25, 0.3) is 0 Å². The molecule has 0 unspecified atom stereocenters. The lowest BCUT2D eigenvalue weighted by Gasteiger charge is -2.36. The first kappa shape index (κ1) is 13.4. The van der Waals surface area contributed by atoms with Gasteiger partial charge in [0.05, 0.1) is 5.56 Å². The molecule has 5 nitrogen and oxygen atoms in total. The molecule has 0 saturated carbocycles. The van der Waals surface area contributed by atoms with Crippen LogP contribution in [0.4, 0.5) is 11.4 Å². The second-order valence-electron chi connectivity index (χ2n) is 5.12. The van der Waals surface area contributed by atoms with Crippen LogP contribution in [-0.2, 0) is 0 Å². The number of nitrogen functional groups attached to an aromatic ring is 1. The highest BCUT2D eigenvalue weighted by Crippen LogP contribution is 2.19. The quantitative estimate of drug-likeness (QED) is 0.850. The molecule has 1 amide bonds. The lowest BCUT2D eigenvalue weighted by molar-refractivity contribution is 0.0746. The number of nitrogens with zero attached hydrogens (tertiary/aromatic N) is 3. The molecule has 0 radical (unpaired) electrons. The van der Waals surface area contributed by atoms with Gasteiger partial charge in [0.15, 0.2) is 0 Å². The fraction of sp³-hybridized carbons (Fsp3) is 0.250. The van der Waals surface area contributed by atoms with E-state index in [4.69, 9.17) is 5.73 Å². The number of pyridine rings is 1. The Kier molecular flexibility index (Phi) is 3.73. The molecule has 2 N–H and O–H groups in total. The van der Waals surface area contributed by atoms with Crippen molar-refractivity contribution in [3.8, 4) is 0 Å². The lowest BCUT2D eigenvalue weighted by atomic mass is 10.2. The van der Waals surface area contributed by atoms with Gasteiger partial charge in [-0.2, -0.15) is 0 Å². The normalized spacial score (nSPS) is 15.0. The van der Waals surface area contributed by atoms with Crippen molar-refractivity contribution in [3.63, 3.8) is 0 Å². The van der Waals surface area contributed by atoms with E-state index in [0.29, 0.717) is 18.7 Å². The molecule has 21 heavy (non-hydrogen) atoms. The van der Waals surface area contributed by atoms with Gasteiger partial charge in [0.2, 0.25) is 0 Å². The van der Waals surface area contributed by atoms with Gasteiger partial charge >= 0.3 is 0 Å². The Hall–Kier alpha value is -2.56. The van der Waals surface area contributed by atoms with Gasteiger partial charge in [0, 0.05) is 49.9 Å². The van der Waals surface area contributed by atoms with Crippen molar-refractivity contribution in [3.05, 3.63) is 54.4 Å². The maximum absolute atomic E-state index is 12.3. The number of benzene rings is 1. The van der Waals surface area contributed by atoms with Crippen molar-refractivity contribution in [1.82, 2.24) is 9.88 Å². The summed E-state index contributed by atoms with van der Waals surface area (Å²) in [4.78, 5) is 20.5. The van der Waals surface area contributed by atoms with Crippen LogP contribution in [0.2, 0.25) is 0 Å². The predicted molar refractivity (Wildman–Crippen MR) is 83.2 cm³/mol. The van der Waals surface area contributed by atoms with E-state index in [1.54, 1.807) is 24.5 Å². The molecule has 1 aromatic heterocycles. The van der Waals surface area contributed by atoms with E-state index in [0.717, 1.165) is 24.5 Å². The van der Waals surface area contributed by atoms with E-state index in [1.807, 2.05) is 23.1 Å². The molecule has 1 aliphatic rings. The number of nitrogens with two attached hydrogens (primary N) is 1. The predicted octanol–water partition coefficient (Wildman–Crippen LogP) is 1.63. The van der Waals surface area contributed by atoms with Crippen molar-refractivity contribution < 1.29 is 4.79 Å². The molecule has 0 bridgehead atoms. The number of amides is 1. The van der Waals surface area contributed by atoms with Crippen LogP contribution in [-0.4, -0.2) is 42.0 Å². The number of rotatable bonds is 2. The summed E-state index contributed by atoms with van der Waals surface area (Å²) in [5, 5.41) is 0. The monoisotopic (exact) mass is 282 g/mol. The average molecular weight is 282 g/mol. The van der Waals surface area contributed by atoms with E-state index < -0.39 is 0 Å². The van der Waals surface area contributed by atoms with E-state index in [9.17, 15) is 4.79 Å². The fourth-order valence-electron chi connectivity index (χ4n) is 2.56. The first-order valence-corrected chi connectivity index (χ1v) is 7.04. The Morgan fingerprint density at radius 3 is 2.57 bits per heavy atom. The topological polar surface area (TPSA) is 62.5 Å². The minimum absolute atomic E-state index is 0.0512. The molecule has 5 heteroatoms. The fourth-order valence-corrected chi connectivity index (χ4v) is 2.56. The molecule has 2 heterocycles. The van der Waals surface area contributed by atoms with Gasteiger partial charge in [-0.15, -0.1) is 0 Å². The first-order valence-electron chi connectivity index (χ1n) is 7.04. The zero-order valence-corrected chi connectivity index (χ0v) is 11.8. The zero-order valence-electron chi connectivity index (χ0n) is 11.8. The van der Waals surface area contributed by atoms with Crippen LogP contribution >= 0.6 is 0 Å². The van der Waals surface area contributed by atoms with Crippen LogP contribution in [0.5, 0.6) is 0 Å². The van der Waals surface area contributed by atoms with Crippen molar-refractivity contribution in [1.29, 1.82) is 0 Å². The van der Waals surface area contributed by atoms with Crippen molar-refractivity contribution >= 4 is 17.3 Å². The number of hydrogen-bond acceptors (Lipinski definition) is 4. The standard InChI is InChI=1S/C16H18N4O/c17-14-4-1-5-15(11-14)19-7-9-20(10-8-19)16(21)13-3-2-6-18-12-13/h1-6,11-12H,7-10,17H2. The number of carbonyl (C=O) groups excluding carboxylic acids is 1. The summed E-state index contributed by atoms with van der Waals surface area (Å²) in [5.41, 5.74) is 8.35. The molecular weight excluding hydrogens is 264 g/mol. The smallest absolute Gasteiger partial charge is 0.255 e. The second-order valence-corrected chi connectivity index (χ2v) is 5.12. The van der Waals surface area contributed by atoms with E-state index in [-0.39, 0.29) is 5.91 Å². The highest BCUT2D eigenvalue weighted by atomic mass is 16.2.